The van der Waals surface area contributed by atoms with E-state index in [1.165, 1.54) is 22.3 Å². The van der Waals surface area contributed by atoms with Gasteiger partial charge in [0, 0.05) is 18.8 Å². The van der Waals surface area contributed by atoms with Crippen LogP contribution in [0.5, 0.6) is 0 Å². The summed E-state index contributed by atoms with van der Waals surface area (Å²) in [5, 5.41) is 7.37. The predicted molar refractivity (Wildman–Crippen MR) is 102 cm³/mol. The fourth-order valence-corrected chi connectivity index (χ4v) is 3.27. The number of H-pyrrole nitrogens is 1. The third kappa shape index (κ3) is 3.82. The molecule has 0 fully saturated rings. The lowest BCUT2D eigenvalue weighted by Gasteiger charge is -2.09. The van der Waals surface area contributed by atoms with Crippen molar-refractivity contribution in [3.05, 3.63) is 81.4 Å². The van der Waals surface area contributed by atoms with Crippen LogP contribution in [0.15, 0.2) is 36.7 Å². The molecule has 0 radical (unpaired) electrons. The van der Waals surface area contributed by atoms with E-state index in [1.807, 2.05) is 12.1 Å². The molecule has 0 saturated carbocycles. The summed E-state index contributed by atoms with van der Waals surface area (Å²) in [5.74, 6) is -0.440. The second-order valence-electron chi connectivity index (χ2n) is 6.79. The Morgan fingerprint density at radius 1 is 1.12 bits per heavy atom. The van der Waals surface area contributed by atoms with E-state index in [2.05, 4.69) is 48.1 Å². The van der Waals surface area contributed by atoms with Crippen LogP contribution in [0.25, 0.3) is 0 Å². The van der Waals surface area contributed by atoms with Gasteiger partial charge in [-0.2, -0.15) is 5.10 Å². The number of hydrogen-bond donors (Lipinski definition) is 2. The highest BCUT2D eigenvalue weighted by molar-refractivity contribution is 5.95. The molecule has 0 aliphatic carbocycles. The standard InChI is InChI=1S/C21H24N4O/c1-13-9-15(3)17(10-14(13)2)6-7-18-20(21(22)26)19(25-24-18)11-16-5-4-8-23-12-16/h4-5,8-10,12H,6-7,11H2,1-3H3,(H2,22,26)(H,24,25). The number of carbonyl (C=O) groups is 1. The van der Waals surface area contributed by atoms with Crippen LogP contribution in [0.3, 0.4) is 0 Å². The van der Waals surface area contributed by atoms with Crippen molar-refractivity contribution in [1.82, 2.24) is 15.2 Å². The first-order valence-electron chi connectivity index (χ1n) is 8.77. The van der Waals surface area contributed by atoms with Gasteiger partial charge in [0.15, 0.2) is 0 Å². The lowest BCUT2D eigenvalue weighted by molar-refractivity contribution is 0.0998. The van der Waals surface area contributed by atoms with Crippen LogP contribution in [-0.4, -0.2) is 21.1 Å². The Hall–Kier alpha value is -2.95. The SMILES string of the molecule is Cc1cc(C)c(CCc2n[nH]c(Cc3cccnc3)c2C(N)=O)cc1C. The molecule has 2 aromatic heterocycles. The van der Waals surface area contributed by atoms with E-state index in [-0.39, 0.29) is 0 Å². The van der Waals surface area contributed by atoms with Crippen LogP contribution < -0.4 is 5.73 Å². The van der Waals surface area contributed by atoms with Gasteiger partial charge in [-0.05, 0) is 67.5 Å². The van der Waals surface area contributed by atoms with Crippen molar-refractivity contribution >= 4 is 5.91 Å². The minimum atomic E-state index is -0.440. The van der Waals surface area contributed by atoms with E-state index in [9.17, 15) is 4.79 Å². The number of aryl methyl sites for hydroxylation is 5. The highest BCUT2D eigenvalue weighted by Gasteiger charge is 2.18. The molecule has 1 amide bonds. The Balaban J connectivity index is 1.82. The summed E-state index contributed by atoms with van der Waals surface area (Å²) in [7, 11) is 0. The van der Waals surface area contributed by atoms with Crippen molar-refractivity contribution in [3.63, 3.8) is 0 Å². The number of hydrogen-bond acceptors (Lipinski definition) is 3. The van der Waals surface area contributed by atoms with Crippen molar-refractivity contribution in [2.24, 2.45) is 5.73 Å². The van der Waals surface area contributed by atoms with E-state index in [0.717, 1.165) is 23.4 Å². The molecule has 0 atom stereocenters. The summed E-state index contributed by atoms with van der Waals surface area (Å²) in [6.45, 7) is 6.36. The van der Waals surface area contributed by atoms with Crippen LogP contribution in [0, 0.1) is 20.8 Å². The van der Waals surface area contributed by atoms with E-state index in [1.54, 1.807) is 12.4 Å². The van der Waals surface area contributed by atoms with Gasteiger partial charge < -0.3 is 5.73 Å². The summed E-state index contributed by atoms with van der Waals surface area (Å²) >= 11 is 0. The molecular weight excluding hydrogens is 324 g/mol. The second-order valence-corrected chi connectivity index (χ2v) is 6.79. The van der Waals surface area contributed by atoms with Gasteiger partial charge in [0.25, 0.3) is 5.91 Å². The molecule has 3 aromatic rings. The number of aromatic nitrogens is 3. The zero-order valence-corrected chi connectivity index (χ0v) is 15.5. The maximum Gasteiger partial charge on any atom is 0.252 e. The molecule has 3 rings (SSSR count). The molecule has 2 heterocycles. The quantitative estimate of drug-likeness (QED) is 0.717. The van der Waals surface area contributed by atoms with Crippen molar-refractivity contribution < 1.29 is 4.79 Å². The smallest absolute Gasteiger partial charge is 0.252 e. The van der Waals surface area contributed by atoms with E-state index in [4.69, 9.17) is 5.73 Å². The lowest BCUT2D eigenvalue weighted by atomic mass is 9.96. The first-order valence-corrected chi connectivity index (χ1v) is 8.77. The minimum Gasteiger partial charge on any atom is -0.365 e. The van der Waals surface area contributed by atoms with Gasteiger partial charge in [-0.25, -0.2) is 0 Å². The summed E-state index contributed by atoms with van der Waals surface area (Å²) in [6, 6.07) is 8.27. The van der Waals surface area contributed by atoms with Crippen molar-refractivity contribution in [2.45, 2.75) is 40.0 Å². The zero-order valence-electron chi connectivity index (χ0n) is 15.5. The van der Waals surface area contributed by atoms with Crippen LogP contribution >= 0.6 is 0 Å². The number of pyridine rings is 1. The van der Waals surface area contributed by atoms with E-state index in [0.29, 0.717) is 18.4 Å². The number of nitrogens with zero attached hydrogens (tertiary/aromatic N) is 2. The molecule has 5 heteroatoms. The Kier molecular flexibility index (Phi) is 5.16. The highest BCUT2D eigenvalue weighted by Crippen LogP contribution is 2.20. The second kappa shape index (κ2) is 7.52. The van der Waals surface area contributed by atoms with Crippen LogP contribution in [0.1, 0.15) is 49.6 Å². The highest BCUT2D eigenvalue weighted by atomic mass is 16.1. The maximum atomic E-state index is 12.0. The van der Waals surface area contributed by atoms with Crippen LogP contribution in [0.4, 0.5) is 0 Å². The first-order chi connectivity index (χ1) is 12.5. The molecule has 0 unspecified atom stereocenters. The first kappa shape index (κ1) is 17.9. The van der Waals surface area contributed by atoms with Gasteiger partial charge in [0.05, 0.1) is 17.0 Å². The molecule has 0 spiro atoms. The Labute approximate surface area is 153 Å². The topological polar surface area (TPSA) is 84.7 Å². The van der Waals surface area contributed by atoms with Crippen molar-refractivity contribution in [1.29, 1.82) is 0 Å². The predicted octanol–water partition coefficient (Wildman–Crippen LogP) is 3.20. The van der Waals surface area contributed by atoms with Gasteiger partial charge >= 0.3 is 0 Å². The van der Waals surface area contributed by atoms with Gasteiger partial charge in [-0.1, -0.05) is 18.2 Å². The molecule has 1 aromatic carbocycles. The van der Waals surface area contributed by atoms with Gasteiger partial charge in [0.2, 0.25) is 0 Å². The monoisotopic (exact) mass is 348 g/mol. The zero-order chi connectivity index (χ0) is 18.7. The number of carbonyl (C=O) groups excluding carboxylic acids is 1. The van der Waals surface area contributed by atoms with Gasteiger partial charge in [-0.3, -0.25) is 14.9 Å². The number of benzene rings is 1. The number of nitrogens with one attached hydrogen (secondary N) is 1. The fraction of sp³-hybridized carbons (Fsp3) is 0.286. The molecular formula is C21H24N4O. The molecule has 26 heavy (non-hydrogen) atoms. The van der Waals surface area contributed by atoms with Gasteiger partial charge in [-0.15, -0.1) is 0 Å². The van der Waals surface area contributed by atoms with Gasteiger partial charge in [0.1, 0.15) is 0 Å². The number of aromatic amines is 1. The molecule has 134 valence electrons. The number of rotatable bonds is 6. The molecule has 3 N–H and O–H groups in total. The number of nitrogens with two attached hydrogens (primary N) is 1. The molecule has 0 bridgehead atoms. The summed E-state index contributed by atoms with van der Waals surface area (Å²) in [4.78, 5) is 16.1. The van der Waals surface area contributed by atoms with E-state index < -0.39 is 5.91 Å². The molecule has 5 nitrogen and oxygen atoms in total. The Bertz CT molecular complexity index is 929. The Morgan fingerprint density at radius 2 is 1.88 bits per heavy atom. The fourth-order valence-electron chi connectivity index (χ4n) is 3.27. The Morgan fingerprint density at radius 3 is 2.58 bits per heavy atom. The largest absolute Gasteiger partial charge is 0.365 e. The molecule has 0 aliphatic rings. The number of amides is 1. The third-order valence-corrected chi connectivity index (χ3v) is 4.85. The summed E-state index contributed by atoms with van der Waals surface area (Å²) in [5.41, 5.74) is 13.8. The van der Waals surface area contributed by atoms with E-state index >= 15 is 0 Å². The summed E-state index contributed by atoms with van der Waals surface area (Å²) in [6.07, 6.45) is 5.56. The molecule has 0 saturated heterocycles. The maximum absolute atomic E-state index is 12.0. The lowest BCUT2D eigenvalue weighted by Crippen LogP contribution is -2.15. The number of primary amides is 1. The normalized spacial score (nSPS) is 10.9. The third-order valence-electron chi connectivity index (χ3n) is 4.85. The van der Waals surface area contributed by atoms with Crippen LogP contribution in [-0.2, 0) is 19.3 Å². The van der Waals surface area contributed by atoms with Crippen molar-refractivity contribution in [2.75, 3.05) is 0 Å². The average molecular weight is 348 g/mol. The van der Waals surface area contributed by atoms with Crippen LogP contribution in [0.2, 0.25) is 0 Å². The minimum absolute atomic E-state index is 0.440. The molecule has 0 aliphatic heterocycles. The van der Waals surface area contributed by atoms with Crippen molar-refractivity contribution in [3.8, 4) is 0 Å². The summed E-state index contributed by atoms with van der Waals surface area (Å²) < 4.78 is 0. The average Bonchev–Trinajstić information content (AvgIpc) is 3.00.